The van der Waals surface area contributed by atoms with Crippen molar-refractivity contribution < 1.29 is 77.6 Å². The Morgan fingerprint density at radius 3 is 1.17 bits per heavy atom. The molecule has 6 rings (SSSR count). The van der Waals surface area contributed by atoms with Crippen molar-refractivity contribution in [3.05, 3.63) is 138 Å². The first-order chi connectivity index (χ1) is 47.6. The van der Waals surface area contributed by atoms with Crippen LogP contribution in [0.3, 0.4) is 0 Å². The summed E-state index contributed by atoms with van der Waals surface area (Å²) in [6, 6.07) is 11.1. The molecule has 0 aliphatic heterocycles. The van der Waals surface area contributed by atoms with Crippen molar-refractivity contribution >= 4 is 149 Å². The second-order valence-corrected chi connectivity index (χ2v) is 24.7. The quantitative estimate of drug-likeness (QED) is 0.0172. The van der Waals surface area contributed by atoms with Gasteiger partial charge in [-0.1, -0.05) is 78.9 Å². The largest absolute Gasteiger partial charge is 0.508 e. The number of nitrogens with one attached hydrogen (secondary N) is 13. The van der Waals surface area contributed by atoms with Crippen LogP contribution in [0.2, 0.25) is 0 Å². The zero-order chi connectivity index (χ0) is 73.3. The van der Waals surface area contributed by atoms with Crippen LogP contribution >= 0.6 is 50.5 Å². The van der Waals surface area contributed by atoms with Gasteiger partial charge in [0.2, 0.25) is 70.9 Å². The molecule has 2 aromatic heterocycles. The third kappa shape index (κ3) is 23.4. The van der Waals surface area contributed by atoms with Crippen molar-refractivity contribution in [1.82, 2.24) is 68.5 Å². The van der Waals surface area contributed by atoms with Crippen molar-refractivity contribution in [3.63, 3.8) is 0 Å². The molecule has 12 atom stereocenters. The number of aliphatic carboxylic acids is 1. The summed E-state index contributed by atoms with van der Waals surface area (Å²) < 4.78 is 0. The molecule has 12 amide bonds. The van der Waals surface area contributed by atoms with Crippen molar-refractivity contribution in [2.45, 2.75) is 119 Å². The molecule has 0 aliphatic carbocycles. The number of aromatic nitrogens is 2. The normalized spacial score (nSPS) is 14.8. The van der Waals surface area contributed by atoms with E-state index in [1.54, 1.807) is 91.3 Å². The number of hydrogen-bond donors (Lipinski definition) is 22. The molecule has 4 aromatic carbocycles. The van der Waals surface area contributed by atoms with Crippen LogP contribution in [-0.4, -0.2) is 204 Å². The van der Waals surface area contributed by atoms with Crippen molar-refractivity contribution in [1.29, 1.82) is 0 Å². The highest BCUT2D eigenvalue weighted by Crippen LogP contribution is 2.22. The van der Waals surface area contributed by atoms with Gasteiger partial charge in [-0.3, -0.25) is 62.3 Å². The maximum absolute atomic E-state index is 14.9. The molecule has 2 heterocycles. The minimum absolute atomic E-state index is 0.0877. The number of para-hydroxylation sites is 2. The van der Waals surface area contributed by atoms with Gasteiger partial charge in [0.25, 0.3) is 0 Å². The maximum atomic E-state index is 14.9. The zero-order valence-electron chi connectivity index (χ0n) is 54.1. The first kappa shape index (κ1) is 79.2. The molecule has 0 aliphatic rings. The summed E-state index contributed by atoms with van der Waals surface area (Å²) in [5, 5.41) is 59.4. The zero-order valence-corrected chi connectivity index (χ0v) is 57.6. The van der Waals surface area contributed by atoms with Crippen LogP contribution in [0.15, 0.2) is 116 Å². The number of benzene rings is 4. The molecule has 6 aromatic rings. The van der Waals surface area contributed by atoms with E-state index in [4.69, 9.17) is 11.5 Å². The second kappa shape index (κ2) is 38.5. The van der Waals surface area contributed by atoms with E-state index in [9.17, 15) is 77.6 Å². The lowest BCUT2D eigenvalue weighted by Crippen LogP contribution is -2.62. The van der Waals surface area contributed by atoms with E-state index in [0.29, 0.717) is 44.1 Å². The van der Waals surface area contributed by atoms with E-state index >= 15 is 0 Å². The van der Waals surface area contributed by atoms with Crippen LogP contribution in [0, 0.1) is 0 Å². The van der Waals surface area contributed by atoms with Gasteiger partial charge in [0.1, 0.15) is 66.2 Å². The van der Waals surface area contributed by atoms with E-state index in [1.165, 1.54) is 38.1 Å². The van der Waals surface area contributed by atoms with Gasteiger partial charge in [0.05, 0.1) is 25.1 Å². The van der Waals surface area contributed by atoms with Gasteiger partial charge in [0, 0.05) is 82.9 Å². The van der Waals surface area contributed by atoms with Crippen LogP contribution < -0.4 is 70.0 Å². The van der Waals surface area contributed by atoms with Gasteiger partial charge >= 0.3 is 5.97 Å². The molecule has 20 N–H and O–H groups in total. The second-order valence-electron chi connectivity index (χ2n) is 23.3. The van der Waals surface area contributed by atoms with Crippen LogP contribution in [-0.2, 0) is 88.0 Å². The number of carbonyl (C=O) groups excluding carboxylic acids is 12. The Hall–Kier alpha value is -9.81. The van der Waals surface area contributed by atoms with Gasteiger partial charge in [-0.25, -0.2) is 0 Å². The monoisotopic (exact) mass is 1460 g/mol. The van der Waals surface area contributed by atoms with E-state index < -0.39 is 180 Å². The SMILES string of the molecule is C[C@H](N)C(=O)N[C@@H](CS)C(=O)N[C@@H](CC(=O)O)C(=O)N[C@@H](Cc1c[nH]c2ccccc12)C(=O)N[C@@H](CS)C(=O)N[C@@H](CS)C(=O)N[C@@H](Cc1ccc(O)cc1)C(=O)N[C@@H](Cc1c[nH]c2ccccc12)C(=O)N[C@@H](CS)C(=O)N[C@H](C(=O)N[C@@H](Cc1ccccc1)C(=O)NCC(N)=O)[C@@H](C)O. The molecule has 0 saturated carbocycles. The highest BCUT2D eigenvalue weighted by molar-refractivity contribution is 7.80. The van der Waals surface area contributed by atoms with Crippen LogP contribution in [0.25, 0.3) is 21.8 Å². The number of aliphatic hydroxyl groups excluding tert-OH is 1. The first-order valence-corrected chi connectivity index (χ1v) is 33.8. The van der Waals surface area contributed by atoms with Crippen molar-refractivity contribution in [2.75, 3.05) is 29.6 Å². The fraction of sp³-hybridized carbons (Fsp3) is 0.369. The van der Waals surface area contributed by atoms with Gasteiger partial charge in [-0.15, -0.1) is 0 Å². The average Bonchev–Trinajstić information content (AvgIpc) is 1.62. The lowest BCUT2D eigenvalue weighted by Gasteiger charge is -2.28. The predicted molar refractivity (Wildman–Crippen MR) is 380 cm³/mol. The summed E-state index contributed by atoms with van der Waals surface area (Å²) in [5.41, 5.74) is 14.1. The number of thiol groups is 4. The average molecular weight is 1460 g/mol. The van der Waals surface area contributed by atoms with Gasteiger partial charge in [0.15, 0.2) is 0 Å². The van der Waals surface area contributed by atoms with E-state index in [1.807, 2.05) is 0 Å². The number of fused-ring (bicyclic) bond motifs is 2. The topological polar surface area (TPSA) is 499 Å². The van der Waals surface area contributed by atoms with E-state index in [2.05, 4.69) is 119 Å². The molecule has 31 nitrogen and oxygen atoms in total. The number of carboxylic acids is 1. The summed E-state index contributed by atoms with van der Waals surface area (Å²) in [4.78, 5) is 184. The molecule has 35 heteroatoms. The fourth-order valence-corrected chi connectivity index (χ4v) is 11.2. The Balaban J connectivity index is 1.22. The minimum atomic E-state index is -1.84. The number of rotatable bonds is 38. The number of nitrogens with two attached hydrogens (primary N) is 2. The number of aromatic amines is 2. The van der Waals surface area contributed by atoms with Gasteiger partial charge in [-0.05, 0) is 60.4 Å². The van der Waals surface area contributed by atoms with Crippen LogP contribution in [0.4, 0.5) is 0 Å². The molecule has 0 bridgehead atoms. The summed E-state index contributed by atoms with van der Waals surface area (Å²) >= 11 is 17.1. The number of phenolic OH excluding ortho intramolecular Hbond substituents is 1. The Labute approximate surface area is 595 Å². The van der Waals surface area contributed by atoms with Crippen molar-refractivity contribution in [3.8, 4) is 5.75 Å². The molecule has 0 spiro atoms. The number of carbonyl (C=O) groups is 13. The number of carboxylic acid groups (broad SMARTS) is 1. The Kier molecular flexibility index (Phi) is 30.5. The lowest BCUT2D eigenvalue weighted by atomic mass is 10.0. The summed E-state index contributed by atoms with van der Waals surface area (Å²) in [6.45, 7) is 1.98. The first-order valence-electron chi connectivity index (χ1n) is 31.2. The Morgan fingerprint density at radius 2 is 0.760 bits per heavy atom. The number of aromatic hydroxyl groups is 1. The maximum Gasteiger partial charge on any atom is 0.305 e. The number of aliphatic hydroxyl groups is 1. The fourth-order valence-electron chi connectivity index (χ4n) is 10.2. The smallest absolute Gasteiger partial charge is 0.305 e. The molecular formula is C65H81N15O16S4. The lowest BCUT2D eigenvalue weighted by molar-refractivity contribution is -0.141. The standard InChI is InChI=1S/C65H81N15O16S4/c1-32(66)55(86)76-48(28-97)61(92)74-47(24-53(84)85)60(91)73-46(23-37-26-69-42-15-9-7-13-40(37)42)58(89)77-50(30-99)63(94)79-49(29-98)62(93)71-44(21-35-16-18-38(82)19-17-35)57(88)72-45(22-36-25-68-41-14-8-6-12-39(36)41)59(90)78-51(31-100)64(95)80-54(33(2)81)65(96)75-43(56(87)70-27-52(67)83)20-34-10-4-3-5-11-34/h3-19,25-26,32-33,43-51,54,68-69,81-82,97-100H,20-24,27-31,66H2,1-2H3,(H2,67,83)(H,70,87)(H,71,93)(H,72,88)(H,73,91)(H,74,92)(H,75,96)(H,76,86)(H,77,89)(H,78,90)(H,79,94)(H,80,95)(H,84,85)/t32-,33+,43-,44-,45-,46-,47-,48-,49-,50-,51-,54-/m0/s1. The molecule has 0 saturated heterocycles. The molecule has 0 radical (unpaired) electrons. The van der Waals surface area contributed by atoms with Gasteiger partial charge < -0.3 is 95.2 Å². The van der Waals surface area contributed by atoms with Gasteiger partial charge in [-0.2, -0.15) is 50.5 Å². The third-order valence-electron chi connectivity index (χ3n) is 15.6. The number of hydrogen-bond acceptors (Lipinski definition) is 20. The number of phenols is 1. The van der Waals surface area contributed by atoms with Crippen LogP contribution in [0.5, 0.6) is 5.75 Å². The minimum Gasteiger partial charge on any atom is -0.508 e. The summed E-state index contributed by atoms with van der Waals surface area (Å²) in [5.74, 6) is -14.9. The van der Waals surface area contributed by atoms with Crippen LogP contribution in [0.1, 0.15) is 42.5 Å². The van der Waals surface area contributed by atoms with E-state index in [0.717, 1.165) is 0 Å². The molecular weight excluding hydrogens is 1380 g/mol. The Bertz CT molecular complexity index is 3900. The summed E-state index contributed by atoms with van der Waals surface area (Å²) in [6.07, 6.45) is -0.384. The highest BCUT2D eigenvalue weighted by atomic mass is 32.1. The molecule has 100 heavy (non-hydrogen) atoms. The highest BCUT2D eigenvalue weighted by Gasteiger charge is 2.38. The number of H-pyrrole nitrogens is 2. The molecule has 0 fully saturated rings. The third-order valence-corrected chi connectivity index (χ3v) is 17.0. The number of primary amides is 1. The van der Waals surface area contributed by atoms with Crippen molar-refractivity contribution in [2.24, 2.45) is 11.5 Å². The predicted octanol–water partition coefficient (Wildman–Crippen LogP) is -3.00. The summed E-state index contributed by atoms with van der Waals surface area (Å²) in [7, 11) is 0. The molecule has 0 unspecified atom stereocenters. The number of amides is 12. The molecule has 536 valence electrons. The van der Waals surface area contributed by atoms with E-state index in [-0.39, 0.29) is 37.2 Å². The Morgan fingerprint density at radius 1 is 0.420 bits per heavy atom.